The van der Waals surface area contributed by atoms with Crippen molar-refractivity contribution in [2.45, 2.75) is 0 Å². The van der Waals surface area contributed by atoms with Gasteiger partial charge in [-0.3, -0.25) is 4.79 Å². The molecule has 3 N–H and O–H groups in total. The highest BCUT2D eigenvalue weighted by molar-refractivity contribution is 5.90. The molecule has 0 aliphatic rings. The molecule has 0 aliphatic carbocycles. The van der Waals surface area contributed by atoms with E-state index in [1.54, 1.807) is 0 Å². The number of hydrogen-bond donors (Lipinski definition) is 3. The first-order valence-corrected chi connectivity index (χ1v) is 2.88. The predicted molar refractivity (Wildman–Crippen MR) is 40.1 cm³/mol. The van der Waals surface area contributed by atoms with Crippen molar-refractivity contribution in [3.05, 3.63) is 30.4 Å². The summed E-state index contributed by atoms with van der Waals surface area (Å²) >= 11 is 0. The van der Waals surface area contributed by atoms with E-state index in [1.807, 2.05) is 0 Å². The van der Waals surface area contributed by atoms with Crippen LogP contribution in [0.15, 0.2) is 30.4 Å². The van der Waals surface area contributed by atoms with Gasteiger partial charge in [0.1, 0.15) is 6.26 Å². The van der Waals surface area contributed by atoms with Gasteiger partial charge in [0, 0.05) is 6.54 Å². The zero-order valence-corrected chi connectivity index (χ0v) is 5.87. The monoisotopic (exact) mass is 155 g/mol. The molecule has 0 saturated heterocycles. The van der Waals surface area contributed by atoms with E-state index in [1.165, 1.54) is 6.08 Å². The molecule has 1 amide bonds. The van der Waals surface area contributed by atoms with Crippen molar-refractivity contribution in [1.82, 2.24) is 5.32 Å². The fourth-order valence-electron chi connectivity index (χ4n) is 0.365. The lowest BCUT2D eigenvalue weighted by Gasteiger charge is -1.97. The molecule has 0 aromatic heterocycles. The van der Waals surface area contributed by atoms with Crippen molar-refractivity contribution in [3.8, 4) is 0 Å². The molecule has 0 heterocycles. The van der Waals surface area contributed by atoms with Crippen LogP contribution >= 0.6 is 0 Å². The third-order valence-electron chi connectivity index (χ3n) is 0.864. The van der Waals surface area contributed by atoms with Gasteiger partial charge < -0.3 is 15.5 Å². The summed E-state index contributed by atoms with van der Waals surface area (Å²) in [5.74, 6) is -1.46. The first-order chi connectivity index (χ1) is 5.22. The normalized spacial score (nSPS) is 10.0. The molecule has 0 spiro atoms. The van der Waals surface area contributed by atoms with Crippen LogP contribution in [-0.2, 0) is 4.79 Å². The molecule has 0 aromatic carbocycles. The summed E-state index contributed by atoms with van der Waals surface area (Å²) in [6.07, 6.45) is 1.80. The minimum atomic E-state index is -0.737. The molecule has 0 bridgehead atoms. The molecule has 0 unspecified atom stereocenters. The standard InChI is InChI=1S/C7H9NO3/c1-2-3-4-8-7(11)6(10)5-9/h3,5,9-10H,1,4H2,(H,8,11). The second-order valence-corrected chi connectivity index (χ2v) is 1.63. The quantitative estimate of drug-likeness (QED) is 0.314. The summed E-state index contributed by atoms with van der Waals surface area (Å²) in [7, 11) is 0. The lowest BCUT2D eigenvalue weighted by atomic mass is 10.5. The first kappa shape index (κ1) is 9.33. The van der Waals surface area contributed by atoms with Crippen LogP contribution in [0.3, 0.4) is 0 Å². The van der Waals surface area contributed by atoms with E-state index in [0.717, 1.165) is 0 Å². The molecule has 0 aromatic rings. The minimum Gasteiger partial charge on any atom is -0.512 e. The summed E-state index contributed by atoms with van der Waals surface area (Å²) in [4.78, 5) is 10.6. The Balaban J connectivity index is 3.79. The van der Waals surface area contributed by atoms with Gasteiger partial charge in [-0.15, -0.1) is 5.73 Å². The maximum atomic E-state index is 10.6. The molecule has 4 nitrogen and oxygen atoms in total. The van der Waals surface area contributed by atoms with Crippen LogP contribution in [0.5, 0.6) is 0 Å². The number of aliphatic hydroxyl groups excluding tert-OH is 2. The molecule has 60 valence electrons. The maximum Gasteiger partial charge on any atom is 0.289 e. The molecule has 11 heavy (non-hydrogen) atoms. The number of amides is 1. The highest BCUT2D eigenvalue weighted by Crippen LogP contribution is 1.83. The molecule has 0 radical (unpaired) electrons. The van der Waals surface area contributed by atoms with E-state index in [9.17, 15) is 4.79 Å². The number of nitrogens with one attached hydrogen (secondary N) is 1. The molecular formula is C7H9NO3. The zero-order chi connectivity index (χ0) is 8.69. The fourth-order valence-corrected chi connectivity index (χ4v) is 0.365. The van der Waals surface area contributed by atoms with Crippen LogP contribution in [0.2, 0.25) is 0 Å². The lowest BCUT2D eigenvalue weighted by Crippen LogP contribution is -2.24. The Labute approximate surface area is 64.2 Å². The molecule has 0 rings (SSSR count). The SMILES string of the molecule is C=C=CCNC(=O)C(O)=CO. The van der Waals surface area contributed by atoms with Gasteiger partial charge in [0.05, 0.1) is 0 Å². The van der Waals surface area contributed by atoms with Crippen molar-refractivity contribution >= 4 is 5.91 Å². The lowest BCUT2D eigenvalue weighted by molar-refractivity contribution is -0.119. The Hall–Kier alpha value is -1.67. The average molecular weight is 155 g/mol. The van der Waals surface area contributed by atoms with Gasteiger partial charge in [0.15, 0.2) is 0 Å². The number of hydrogen-bond acceptors (Lipinski definition) is 3. The van der Waals surface area contributed by atoms with Crippen LogP contribution in [0.25, 0.3) is 0 Å². The predicted octanol–water partition coefficient (Wildman–Crippen LogP) is 0.401. The van der Waals surface area contributed by atoms with E-state index in [4.69, 9.17) is 10.2 Å². The topological polar surface area (TPSA) is 69.6 Å². The van der Waals surface area contributed by atoms with Crippen molar-refractivity contribution in [1.29, 1.82) is 0 Å². The minimum absolute atomic E-state index is 0.222. The second kappa shape index (κ2) is 5.14. The number of carbonyl (C=O) groups excluding carboxylic acids is 1. The maximum absolute atomic E-state index is 10.6. The van der Waals surface area contributed by atoms with E-state index < -0.39 is 11.7 Å². The van der Waals surface area contributed by atoms with Gasteiger partial charge in [-0.1, -0.05) is 6.58 Å². The number of aliphatic hydroxyl groups is 2. The van der Waals surface area contributed by atoms with E-state index in [0.29, 0.717) is 6.26 Å². The number of carbonyl (C=O) groups is 1. The summed E-state index contributed by atoms with van der Waals surface area (Å²) in [5, 5.41) is 19.0. The van der Waals surface area contributed by atoms with Gasteiger partial charge in [0.2, 0.25) is 5.76 Å². The van der Waals surface area contributed by atoms with Crippen molar-refractivity contribution in [2.75, 3.05) is 6.54 Å². The molecule has 0 atom stereocenters. The first-order valence-electron chi connectivity index (χ1n) is 2.88. The molecule has 0 aliphatic heterocycles. The highest BCUT2D eigenvalue weighted by atomic mass is 16.3. The second-order valence-electron chi connectivity index (χ2n) is 1.63. The highest BCUT2D eigenvalue weighted by Gasteiger charge is 2.03. The smallest absolute Gasteiger partial charge is 0.289 e. The van der Waals surface area contributed by atoms with E-state index in [2.05, 4.69) is 17.6 Å². The summed E-state index contributed by atoms with van der Waals surface area (Å²) in [5.41, 5.74) is 2.43. The largest absolute Gasteiger partial charge is 0.512 e. The zero-order valence-electron chi connectivity index (χ0n) is 5.87. The average Bonchev–Trinajstić information content (AvgIpc) is 2.03. The van der Waals surface area contributed by atoms with E-state index >= 15 is 0 Å². The van der Waals surface area contributed by atoms with Crippen LogP contribution in [-0.4, -0.2) is 22.7 Å². The third kappa shape index (κ3) is 3.83. The van der Waals surface area contributed by atoms with Crippen LogP contribution in [0.1, 0.15) is 0 Å². The van der Waals surface area contributed by atoms with Crippen LogP contribution in [0, 0.1) is 0 Å². The summed E-state index contributed by atoms with van der Waals surface area (Å²) in [6, 6.07) is 0. The van der Waals surface area contributed by atoms with Gasteiger partial charge in [-0.05, 0) is 6.08 Å². The van der Waals surface area contributed by atoms with Crippen molar-refractivity contribution in [2.24, 2.45) is 0 Å². The van der Waals surface area contributed by atoms with Gasteiger partial charge >= 0.3 is 0 Å². The Morgan fingerprint density at radius 3 is 2.82 bits per heavy atom. The molecule has 0 fully saturated rings. The summed E-state index contributed by atoms with van der Waals surface area (Å²) < 4.78 is 0. The van der Waals surface area contributed by atoms with Crippen LogP contribution in [0.4, 0.5) is 0 Å². The molecule has 0 saturated carbocycles. The van der Waals surface area contributed by atoms with Gasteiger partial charge in [-0.2, -0.15) is 0 Å². The Kier molecular flexibility index (Phi) is 4.36. The Morgan fingerprint density at radius 2 is 2.36 bits per heavy atom. The van der Waals surface area contributed by atoms with Gasteiger partial charge in [0.25, 0.3) is 5.91 Å². The molecular weight excluding hydrogens is 146 g/mol. The summed E-state index contributed by atoms with van der Waals surface area (Å²) in [6.45, 7) is 3.49. The number of rotatable bonds is 3. The Bertz CT molecular complexity index is 214. The van der Waals surface area contributed by atoms with Crippen molar-refractivity contribution < 1.29 is 15.0 Å². The van der Waals surface area contributed by atoms with Gasteiger partial charge in [-0.25, -0.2) is 0 Å². The fraction of sp³-hybridized carbons (Fsp3) is 0.143. The third-order valence-corrected chi connectivity index (χ3v) is 0.864. The van der Waals surface area contributed by atoms with E-state index in [-0.39, 0.29) is 6.54 Å². The Morgan fingerprint density at radius 1 is 1.73 bits per heavy atom. The van der Waals surface area contributed by atoms with Crippen molar-refractivity contribution in [3.63, 3.8) is 0 Å². The van der Waals surface area contributed by atoms with Crippen LogP contribution < -0.4 is 5.32 Å². The molecule has 4 heteroatoms.